The van der Waals surface area contributed by atoms with E-state index in [-0.39, 0.29) is 5.75 Å². The van der Waals surface area contributed by atoms with Crippen LogP contribution in [0.1, 0.15) is 6.92 Å². The van der Waals surface area contributed by atoms with Crippen molar-refractivity contribution in [3.05, 3.63) is 42.2 Å². The lowest BCUT2D eigenvalue weighted by Gasteiger charge is -2.00. The molecule has 0 saturated heterocycles. The Hall–Kier alpha value is -1.38. The second kappa shape index (κ2) is 3.85. The molecule has 0 N–H and O–H groups in total. The van der Waals surface area contributed by atoms with Crippen molar-refractivity contribution in [2.75, 3.05) is 0 Å². The van der Waals surface area contributed by atoms with Crippen LogP contribution in [0.2, 0.25) is 0 Å². The molecule has 1 nitrogen and oxygen atoms in total. The predicted octanol–water partition coefficient (Wildman–Crippen LogP) is 2.88. The van der Waals surface area contributed by atoms with Crippen LogP contribution in [-0.2, 0) is 0 Å². The fourth-order valence-corrected chi connectivity index (χ4v) is 0.716. The minimum Gasteiger partial charge on any atom is -0.462 e. The molecule has 0 unspecified atom stereocenters. The van der Waals surface area contributed by atoms with E-state index >= 15 is 0 Å². The van der Waals surface area contributed by atoms with Crippen LogP contribution in [0.15, 0.2) is 30.5 Å². The molecular weight excluding hydrogens is 162 g/mol. The summed E-state index contributed by atoms with van der Waals surface area (Å²) in [4.78, 5) is 0. The fourth-order valence-electron chi connectivity index (χ4n) is 0.716. The summed E-state index contributed by atoms with van der Waals surface area (Å²) in [5.41, 5.74) is 0. The quantitative estimate of drug-likeness (QED) is 0.620. The summed E-state index contributed by atoms with van der Waals surface area (Å²) in [6.45, 7) is 1.72. The van der Waals surface area contributed by atoms with Crippen molar-refractivity contribution in [2.24, 2.45) is 0 Å². The van der Waals surface area contributed by atoms with Gasteiger partial charge in [-0.1, -0.05) is 12.1 Å². The maximum atomic E-state index is 12.8. The van der Waals surface area contributed by atoms with Crippen LogP contribution in [0.5, 0.6) is 5.75 Å². The summed E-state index contributed by atoms with van der Waals surface area (Å²) in [7, 11) is 0. The Morgan fingerprint density at radius 1 is 1.33 bits per heavy atom. The topological polar surface area (TPSA) is 9.23 Å². The van der Waals surface area contributed by atoms with E-state index in [1.165, 1.54) is 18.4 Å². The first-order valence-electron chi connectivity index (χ1n) is 3.47. The van der Waals surface area contributed by atoms with Gasteiger partial charge in [-0.2, -0.15) is 4.39 Å². The first-order chi connectivity index (χ1) is 5.75. The standard InChI is InChI=1S/C9H8F2O/c1-2-6-12-8-5-3-4-7(10)9(8)11/h2-6H,1H3/b6-2+. The summed E-state index contributed by atoms with van der Waals surface area (Å²) >= 11 is 0. The Morgan fingerprint density at radius 3 is 2.75 bits per heavy atom. The number of benzene rings is 1. The van der Waals surface area contributed by atoms with Gasteiger partial charge in [0.1, 0.15) is 0 Å². The van der Waals surface area contributed by atoms with Gasteiger partial charge in [0, 0.05) is 0 Å². The predicted molar refractivity (Wildman–Crippen MR) is 41.8 cm³/mol. The van der Waals surface area contributed by atoms with Crippen molar-refractivity contribution >= 4 is 0 Å². The van der Waals surface area contributed by atoms with Gasteiger partial charge in [0.15, 0.2) is 11.6 Å². The normalized spacial score (nSPS) is 10.6. The van der Waals surface area contributed by atoms with Crippen molar-refractivity contribution < 1.29 is 13.5 Å². The molecule has 0 heterocycles. The molecule has 64 valence electrons. The van der Waals surface area contributed by atoms with Crippen LogP contribution in [-0.4, -0.2) is 0 Å². The van der Waals surface area contributed by atoms with E-state index in [1.807, 2.05) is 0 Å². The third-order valence-corrected chi connectivity index (χ3v) is 1.25. The highest BCUT2D eigenvalue weighted by molar-refractivity contribution is 5.25. The minimum atomic E-state index is -0.962. The number of hydrogen-bond acceptors (Lipinski definition) is 1. The molecule has 0 spiro atoms. The molecule has 0 aromatic heterocycles. The van der Waals surface area contributed by atoms with Gasteiger partial charge in [0.2, 0.25) is 5.82 Å². The number of halogens is 2. The highest BCUT2D eigenvalue weighted by atomic mass is 19.2. The lowest BCUT2D eigenvalue weighted by Crippen LogP contribution is -1.89. The van der Waals surface area contributed by atoms with Crippen LogP contribution in [0.25, 0.3) is 0 Å². The van der Waals surface area contributed by atoms with Gasteiger partial charge in [-0.05, 0) is 19.1 Å². The Bertz CT molecular complexity index is 295. The molecule has 1 rings (SSSR count). The van der Waals surface area contributed by atoms with Gasteiger partial charge in [0.05, 0.1) is 6.26 Å². The van der Waals surface area contributed by atoms with Crippen molar-refractivity contribution in [2.45, 2.75) is 6.92 Å². The molecule has 0 fully saturated rings. The summed E-state index contributed by atoms with van der Waals surface area (Å²) in [5, 5.41) is 0. The van der Waals surface area contributed by atoms with Crippen molar-refractivity contribution in [3.63, 3.8) is 0 Å². The summed E-state index contributed by atoms with van der Waals surface area (Å²) in [6, 6.07) is 3.79. The molecule has 0 aliphatic rings. The summed E-state index contributed by atoms with van der Waals surface area (Å²) < 4.78 is 30.1. The summed E-state index contributed by atoms with van der Waals surface area (Å²) in [5.74, 6) is -1.97. The lowest BCUT2D eigenvalue weighted by molar-refractivity contribution is 0.414. The first kappa shape index (κ1) is 8.71. The smallest absolute Gasteiger partial charge is 0.201 e. The first-order valence-corrected chi connectivity index (χ1v) is 3.47. The molecule has 3 heteroatoms. The van der Waals surface area contributed by atoms with Crippen molar-refractivity contribution in [3.8, 4) is 5.75 Å². The maximum absolute atomic E-state index is 12.8. The fraction of sp³-hybridized carbons (Fsp3) is 0.111. The van der Waals surface area contributed by atoms with E-state index in [1.54, 1.807) is 13.0 Å². The lowest BCUT2D eigenvalue weighted by atomic mass is 10.3. The van der Waals surface area contributed by atoms with E-state index in [9.17, 15) is 8.78 Å². The van der Waals surface area contributed by atoms with Crippen LogP contribution in [0.4, 0.5) is 8.78 Å². The molecule has 0 radical (unpaired) electrons. The number of allylic oxidation sites excluding steroid dienone is 1. The highest BCUT2D eigenvalue weighted by Crippen LogP contribution is 2.18. The van der Waals surface area contributed by atoms with E-state index < -0.39 is 11.6 Å². The van der Waals surface area contributed by atoms with Crippen molar-refractivity contribution in [1.82, 2.24) is 0 Å². The number of ether oxygens (including phenoxy) is 1. The van der Waals surface area contributed by atoms with E-state index in [0.29, 0.717) is 0 Å². The van der Waals surface area contributed by atoms with Crippen LogP contribution in [0, 0.1) is 11.6 Å². The Kier molecular flexibility index (Phi) is 2.80. The van der Waals surface area contributed by atoms with Crippen molar-refractivity contribution in [1.29, 1.82) is 0 Å². The Labute approximate surface area is 69.3 Å². The van der Waals surface area contributed by atoms with E-state index in [2.05, 4.69) is 0 Å². The molecule has 12 heavy (non-hydrogen) atoms. The van der Waals surface area contributed by atoms with Gasteiger partial charge < -0.3 is 4.74 Å². The summed E-state index contributed by atoms with van der Waals surface area (Å²) in [6.07, 6.45) is 2.88. The minimum absolute atomic E-state index is 0.104. The second-order valence-electron chi connectivity index (χ2n) is 2.14. The van der Waals surface area contributed by atoms with Gasteiger partial charge in [-0.3, -0.25) is 0 Å². The van der Waals surface area contributed by atoms with Gasteiger partial charge in [0.25, 0.3) is 0 Å². The number of rotatable bonds is 2. The second-order valence-corrected chi connectivity index (χ2v) is 2.14. The molecule has 0 amide bonds. The van der Waals surface area contributed by atoms with Gasteiger partial charge in [-0.15, -0.1) is 0 Å². The van der Waals surface area contributed by atoms with E-state index in [0.717, 1.165) is 6.07 Å². The molecule has 1 aromatic carbocycles. The zero-order chi connectivity index (χ0) is 8.97. The van der Waals surface area contributed by atoms with E-state index in [4.69, 9.17) is 4.74 Å². The SMILES string of the molecule is C/C=C/Oc1cccc(F)c1F. The van der Waals surface area contributed by atoms with Crippen LogP contribution in [0.3, 0.4) is 0 Å². The molecule has 0 saturated carbocycles. The third kappa shape index (κ3) is 1.81. The molecule has 0 atom stereocenters. The molecule has 0 bridgehead atoms. The third-order valence-electron chi connectivity index (χ3n) is 1.25. The maximum Gasteiger partial charge on any atom is 0.201 e. The van der Waals surface area contributed by atoms with Gasteiger partial charge >= 0.3 is 0 Å². The molecular formula is C9H8F2O. The zero-order valence-electron chi connectivity index (χ0n) is 6.55. The highest BCUT2D eigenvalue weighted by Gasteiger charge is 2.06. The number of hydrogen-bond donors (Lipinski definition) is 0. The van der Waals surface area contributed by atoms with Crippen LogP contribution >= 0.6 is 0 Å². The average Bonchev–Trinajstić information content (AvgIpc) is 2.08. The molecule has 0 aliphatic heterocycles. The Morgan fingerprint density at radius 2 is 2.08 bits per heavy atom. The average molecular weight is 170 g/mol. The zero-order valence-corrected chi connectivity index (χ0v) is 6.55. The van der Waals surface area contributed by atoms with Gasteiger partial charge in [-0.25, -0.2) is 4.39 Å². The largest absolute Gasteiger partial charge is 0.462 e. The molecule has 0 aliphatic carbocycles. The van der Waals surface area contributed by atoms with Crippen LogP contribution < -0.4 is 4.74 Å². The monoisotopic (exact) mass is 170 g/mol. The molecule has 1 aromatic rings. The Balaban J connectivity index is 2.92.